The highest BCUT2D eigenvalue weighted by Gasteiger charge is 2.22. The molecule has 1 atom stereocenters. The molecule has 30 heavy (non-hydrogen) atoms. The number of aliphatic hydroxyl groups is 1. The molecule has 8 heteroatoms. The molecule has 0 saturated carbocycles. The third-order valence-corrected chi connectivity index (χ3v) is 5.37. The fraction of sp³-hybridized carbons (Fsp3) is 0.409. The van der Waals surface area contributed by atoms with E-state index in [-0.39, 0.29) is 30.5 Å². The van der Waals surface area contributed by atoms with E-state index in [0.29, 0.717) is 17.1 Å². The SMILES string of the molecule is CCNC(=NCC(O)c1ccccc1Cl)N1CCc2cc(OC)c(OC)cc2C1.I. The number of methoxy groups -OCH3 is 2. The predicted molar refractivity (Wildman–Crippen MR) is 131 cm³/mol. The zero-order chi connectivity index (χ0) is 20.8. The molecule has 2 aromatic rings. The molecule has 0 aromatic heterocycles. The van der Waals surface area contributed by atoms with E-state index in [1.54, 1.807) is 20.3 Å². The maximum absolute atomic E-state index is 10.5. The number of benzene rings is 2. The van der Waals surface area contributed by atoms with Gasteiger partial charge in [0.25, 0.3) is 0 Å². The lowest BCUT2D eigenvalue weighted by Crippen LogP contribution is -2.44. The smallest absolute Gasteiger partial charge is 0.194 e. The van der Waals surface area contributed by atoms with Gasteiger partial charge in [-0.3, -0.25) is 4.99 Å². The van der Waals surface area contributed by atoms with E-state index in [1.165, 1.54) is 11.1 Å². The van der Waals surface area contributed by atoms with Crippen molar-refractivity contribution in [3.05, 3.63) is 58.1 Å². The van der Waals surface area contributed by atoms with Crippen LogP contribution in [0.1, 0.15) is 29.7 Å². The highest BCUT2D eigenvalue weighted by atomic mass is 127. The molecule has 6 nitrogen and oxygen atoms in total. The van der Waals surface area contributed by atoms with Gasteiger partial charge in [0.05, 0.1) is 20.8 Å². The summed E-state index contributed by atoms with van der Waals surface area (Å²) in [5, 5.41) is 14.4. The minimum absolute atomic E-state index is 0. The second kappa shape index (κ2) is 11.6. The molecule has 1 unspecified atom stereocenters. The van der Waals surface area contributed by atoms with Crippen LogP contribution in [0.2, 0.25) is 5.02 Å². The van der Waals surface area contributed by atoms with Gasteiger partial charge in [-0.15, -0.1) is 24.0 Å². The molecule has 0 amide bonds. The zero-order valence-corrected chi connectivity index (χ0v) is 20.6. The van der Waals surface area contributed by atoms with Crippen LogP contribution in [0, 0.1) is 0 Å². The average molecular weight is 546 g/mol. The van der Waals surface area contributed by atoms with Crippen LogP contribution in [-0.4, -0.2) is 49.8 Å². The number of guanidine groups is 1. The van der Waals surface area contributed by atoms with Crippen LogP contribution in [0.3, 0.4) is 0 Å². The second-order valence-corrected chi connectivity index (χ2v) is 7.29. The zero-order valence-electron chi connectivity index (χ0n) is 17.5. The van der Waals surface area contributed by atoms with Crippen molar-refractivity contribution >= 4 is 41.5 Å². The van der Waals surface area contributed by atoms with Crippen molar-refractivity contribution in [3.63, 3.8) is 0 Å². The van der Waals surface area contributed by atoms with Crippen LogP contribution < -0.4 is 14.8 Å². The summed E-state index contributed by atoms with van der Waals surface area (Å²) >= 11 is 6.20. The van der Waals surface area contributed by atoms with Crippen LogP contribution >= 0.6 is 35.6 Å². The van der Waals surface area contributed by atoms with Crippen LogP contribution in [-0.2, 0) is 13.0 Å². The van der Waals surface area contributed by atoms with E-state index < -0.39 is 6.10 Å². The minimum atomic E-state index is -0.751. The first-order chi connectivity index (χ1) is 14.1. The Balaban J connectivity index is 0.00000320. The second-order valence-electron chi connectivity index (χ2n) is 6.88. The lowest BCUT2D eigenvalue weighted by molar-refractivity contribution is 0.186. The molecule has 0 aliphatic carbocycles. The number of hydrogen-bond donors (Lipinski definition) is 2. The van der Waals surface area contributed by atoms with E-state index in [4.69, 9.17) is 21.1 Å². The summed E-state index contributed by atoms with van der Waals surface area (Å²) < 4.78 is 10.9. The van der Waals surface area contributed by atoms with Crippen LogP contribution in [0.4, 0.5) is 0 Å². The molecule has 0 radical (unpaired) electrons. The van der Waals surface area contributed by atoms with Crippen molar-refractivity contribution in [2.75, 3.05) is 33.9 Å². The van der Waals surface area contributed by atoms with Crippen molar-refractivity contribution in [2.45, 2.75) is 26.0 Å². The number of fused-ring (bicyclic) bond motifs is 1. The Labute approximate surface area is 200 Å². The lowest BCUT2D eigenvalue weighted by Gasteiger charge is -2.32. The monoisotopic (exact) mass is 545 g/mol. The molecule has 2 aromatic carbocycles. The molecule has 1 aliphatic rings. The quantitative estimate of drug-likeness (QED) is 0.326. The summed E-state index contributed by atoms with van der Waals surface area (Å²) in [5.74, 6) is 2.26. The van der Waals surface area contributed by atoms with Gasteiger partial charge in [0.15, 0.2) is 17.5 Å². The van der Waals surface area contributed by atoms with Crippen LogP contribution in [0.5, 0.6) is 11.5 Å². The molecule has 0 bridgehead atoms. The number of aliphatic imine (C=N–C) groups is 1. The van der Waals surface area contributed by atoms with Crippen molar-refractivity contribution in [1.29, 1.82) is 0 Å². The number of rotatable bonds is 6. The normalized spacial score (nSPS) is 14.4. The Morgan fingerprint density at radius 2 is 1.87 bits per heavy atom. The highest BCUT2D eigenvalue weighted by molar-refractivity contribution is 14.0. The Bertz CT molecular complexity index is 879. The van der Waals surface area contributed by atoms with Gasteiger partial charge in [-0.05, 0) is 42.7 Å². The summed E-state index contributed by atoms with van der Waals surface area (Å²) in [6.07, 6.45) is 0.131. The number of nitrogens with zero attached hydrogens (tertiary/aromatic N) is 2. The van der Waals surface area contributed by atoms with Gasteiger partial charge in [-0.25, -0.2) is 0 Å². The Hall–Kier alpha value is -1.71. The van der Waals surface area contributed by atoms with Gasteiger partial charge in [0.2, 0.25) is 0 Å². The topological polar surface area (TPSA) is 66.3 Å². The van der Waals surface area contributed by atoms with E-state index >= 15 is 0 Å². The Morgan fingerprint density at radius 1 is 1.20 bits per heavy atom. The first kappa shape index (κ1) is 24.6. The first-order valence-electron chi connectivity index (χ1n) is 9.76. The Morgan fingerprint density at radius 3 is 2.50 bits per heavy atom. The van der Waals surface area contributed by atoms with E-state index in [0.717, 1.165) is 37.0 Å². The third-order valence-electron chi connectivity index (χ3n) is 5.03. The van der Waals surface area contributed by atoms with Gasteiger partial charge in [0, 0.05) is 30.2 Å². The Kier molecular flexibility index (Phi) is 9.51. The number of halogens is 2. The predicted octanol–water partition coefficient (Wildman–Crippen LogP) is 4.03. The van der Waals surface area contributed by atoms with Crippen LogP contribution in [0.15, 0.2) is 41.4 Å². The molecule has 164 valence electrons. The van der Waals surface area contributed by atoms with Crippen molar-refractivity contribution in [2.24, 2.45) is 4.99 Å². The maximum Gasteiger partial charge on any atom is 0.194 e. The molecule has 0 fully saturated rings. The minimum Gasteiger partial charge on any atom is -0.493 e. The molecule has 1 aliphatic heterocycles. The molecule has 0 spiro atoms. The van der Waals surface area contributed by atoms with Crippen molar-refractivity contribution < 1.29 is 14.6 Å². The summed E-state index contributed by atoms with van der Waals surface area (Å²) in [6.45, 7) is 4.56. The van der Waals surface area contributed by atoms with Gasteiger partial charge >= 0.3 is 0 Å². The summed E-state index contributed by atoms with van der Waals surface area (Å²) in [7, 11) is 3.30. The third kappa shape index (κ3) is 5.70. The average Bonchev–Trinajstić information content (AvgIpc) is 2.75. The molecule has 2 N–H and O–H groups in total. The molecular formula is C22H29ClIN3O3. The number of nitrogens with one attached hydrogen (secondary N) is 1. The van der Waals surface area contributed by atoms with E-state index in [1.807, 2.05) is 31.2 Å². The standard InChI is InChI=1S/C22H28ClN3O3.HI/c1-4-24-22(25-13-19(27)17-7-5-6-8-18(17)23)26-10-9-15-11-20(28-2)21(29-3)12-16(15)14-26;/h5-8,11-12,19,27H,4,9-10,13-14H2,1-3H3,(H,24,25);1H. The van der Waals surface area contributed by atoms with Crippen molar-refractivity contribution in [1.82, 2.24) is 10.2 Å². The fourth-order valence-electron chi connectivity index (χ4n) is 3.51. The molecule has 3 rings (SSSR count). The fourth-order valence-corrected chi connectivity index (χ4v) is 3.77. The number of aliphatic hydroxyl groups excluding tert-OH is 1. The highest BCUT2D eigenvalue weighted by Crippen LogP contribution is 2.33. The van der Waals surface area contributed by atoms with Gasteiger partial charge in [0.1, 0.15) is 6.10 Å². The van der Waals surface area contributed by atoms with Crippen LogP contribution in [0.25, 0.3) is 0 Å². The summed E-state index contributed by atoms with van der Waals surface area (Å²) in [5.41, 5.74) is 3.13. The molecule has 1 heterocycles. The molecule has 0 saturated heterocycles. The van der Waals surface area contributed by atoms with E-state index in [9.17, 15) is 5.11 Å². The molecular weight excluding hydrogens is 517 g/mol. The van der Waals surface area contributed by atoms with Crippen molar-refractivity contribution in [3.8, 4) is 11.5 Å². The largest absolute Gasteiger partial charge is 0.493 e. The van der Waals surface area contributed by atoms with Gasteiger partial charge < -0.3 is 24.8 Å². The lowest BCUT2D eigenvalue weighted by atomic mass is 9.99. The number of hydrogen-bond acceptors (Lipinski definition) is 4. The first-order valence-corrected chi connectivity index (χ1v) is 10.1. The number of ether oxygens (including phenoxy) is 2. The maximum atomic E-state index is 10.5. The van der Waals surface area contributed by atoms with E-state index in [2.05, 4.69) is 21.3 Å². The van der Waals surface area contributed by atoms with Gasteiger partial charge in [-0.2, -0.15) is 0 Å². The summed E-state index contributed by atoms with van der Waals surface area (Å²) in [4.78, 5) is 6.86. The van der Waals surface area contributed by atoms with Gasteiger partial charge in [-0.1, -0.05) is 29.8 Å². The summed E-state index contributed by atoms with van der Waals surface area (Å²) in [6, 6.07) is 11.4.